The second-order valence-electron chi connectivity index (χ2n) is 8.32. The Kier molecular flexibility index (Phi) is 5.97. The lowest BCUT2D eigenvalue weighted by Gasteiger charge is -2.34. The first-order valence-electron chi connectivity index (χ1n) is 11.0. The van der Waals surface area contributed by atoms with E-state index in [9.17, 15) is 0 Å². The van der Waals surface area contributed by atoms with Crippen LogP contribution in [0.25, 0.3) is 22.3 Å². The number of fused-ring (bicyclic) bond motifs is 1. The maximum atomic E-state index is 15.0. The zero-order valence-electron chi connectivity index (χ0n) is 19.0. The van der Waals surface area contributed by atoms with Crippen molar-refractivity contribution < 1.29 is 9.13 Å². The van der Waals surface area contributed by atoms with Crippen molar-refractivity contribution in [3.05, 3.63) is 58.9 Å². The fourth-order valence-corrected chi connectivity index (χ4v) is 4.33. The third-order valence-corrected chi connectivity index (χ3v) is 6.39. The summed E-state index contributed by atoms with van der Waals surface area (Å²) in [5, 5.41) is 5.72. The molecule has 0 amide bonds. The Labute approximate surface area is 201 Å². The van der Waals surface area contributed by atoms with Gasteiger partial charge in [0.15, 0.2) is 5.65 Å². The van der Waals surface area contributed by atoms with E-state index in [4.69, 9.17) is 27.1 Å². The smallest absolute Gasteiger partial charge is 0.228 e. The highest BCUT2D eigenvalue weighted by molar-refractivity contribution is 6.30. The molecule has 5 rings (SSSR count). The van der Waals surface area contributed by atoms with Crippen LogP contribution in [0.15, 0.2) is 42.5 Å². The Bertz CT molecular complexity index is 1330. The number of nitrogens with two attached hydrogens (primary N) is 1. The third-order valence-electron chi connectivity index (χ3n) is 6.13. The molecule has 0 atom stereocenters. The Morgan fingerprint density at radius 1 is 1.06 bits per heavy atom. The number of piperazine rings is 1. The molecule has 0 bridgehead atoms. The van der Waals surface area contributed by atoms with Gasteiger partial charge in [-0.05, 0) is 29.8 Å². The standard InChI is InChI=1S/C24H25ClFN7O/c1-31-22(27)20-21(18-8-7-17(34-2)13-19(18)26)28-24(29-23(20)30-31)33-11-9-32(10-12-33)14-15-3-5-16(25)6-4-15/h3-8,13H,9-12,14,27H2,1-2H3. The summed E-state index contributed by atoms with van der Waals surface area (Å²) in [6.07, 6.45) is 0. The van der Waals surface area contributed by atoms with Crippen LogP contribution in [-0.4, -0.2) is 57.9 Å². The van der Waals surface area contributed by atoms with Gasteiger partial charge in [0.05, 0.1) is 18.2 Å². The molecule has 1 aliphatic rings. The molecule has 2 aromatic carbocycles. The van der Waals surface area contributed by atoms with Crippen molar-refractivity contribution in [3.63, 3.8) is 0 Å². The van der Waals surface area contributed by atoms with E-state index in [1.165, 1.54) is 23.4 Å². The van der Waals surface area contributed by atoms with Gasteiger partial charge in [0, 0.05) is 56.4 Å². The molecule has 0 radical (unpaired) electrons. The average Bonchev–Trinajstić information content (AvgIpc) is 3.13. The topological polar surface area (TPSA) is 85.3 Å². The zero-order chi connectivity index (χ0) is 23.8. The van der Waals surface area contributed by atoms with Crippen LogP contribution in [0.1, 0.15) is 5.56 Å². The second kappa shape index (κ2) is 9.08. The molecule has 0 spiro atoms. The largest absolute Gasteiger partial charge is 0.497 e. The minimum absolute atomic E-state index is 0.329. The van der Waals surface area contributed by atoms with E-state index >= 15 is 4.39 Å². The number of nitrogens with zero attached hydrogens (tertiary/aromatic N) is 6. The summed E-state index contributed by atoms with van der Waals surface area (Å²) in [7, 11) is 3.24. The van der Waals surface area contributed by atoms with Crippen molar-refractivity contribution in [1.29, 1.82) is 0 Å². The van der Waals surface area contributed by atoms with Gasteiger partial charge in [-0.3, -0.25) is 9.58 Å². The summed E-state index contributed by atoms with van der Waals surface area (Å²) in [5.41, 5.74) is 8.67. The first-order chi connectivity index (χ1) is 16.4. The Morgan fingerprint density at radius 2 is 1.79 bits per heavy atom. The van der Waals surface area contributed by atoms with E-state index in [1.54, 1.807) is 19.2 Å². The molecule has 10 heteroatoms. The molecule has 0 saturated carbocycles. The molecule has 34 heavy (non-hydrogen) atoms. The molecule has 0 unspecified atom stereocenters. The number of ether oxygens (including phenoxy) is 1. The normalized spacial score (nSPS) is 14.6. The zero-order valence-corrected chi connectivity index (χ0v) is 19.8. The molecule has 2 aromatic heterocycles. The van der Waals surface area contributed by atoms with Crippen molar-refractivity contribution in [1.82, 2.24) is 24.6 Å². The van der Waals surface area contributed by atoms with Crippen LogP contribution in [0, 0.1) is 5.82 Å². The van der Waals surface area contributed by atoms with Crippen LogP contribution in [0.2, 0.25) is 5.02 Å². The molecule has 176 valence electrons. The lowest BCUT2D eigenvalue weighted by Crippen LogP contribution is -2.46. The van der Waals surface area contributed by atoms with Gasteiger partial charge in [-0.15, -0.1) is 0 Å². The Hall–Kier alpha value is -3.43. The van der Waals surface area contributed by atoms with Gasteiger partial charge >= 0.3 is 0 Å². The monoisotopic (exact) mass is 481 g/mol. The first kappa shape index (κ1) is 22.4. The van der Waals surface area contributed by atoms with E-state index in [1.807, 2.05) is 24.3 Å². The number of nitrogen functional groups attached to an aromatic ring is 1. The number of anilines is 2. The minimum atomic E-state index is -0.443. The van der Waals surface area contributed by atoms with Crippen LogP contribution in [0.3, 0.4) is 0 Å². The van der Waals surface area contributed by atoms with Crippen molar-refractivity contribution in [2.75, 3.05) is 43.9 Å². The molecule has 1 saturated heterocycles. The van der Waals surface area contributed by atoms with Crippen molar-refractivity contribution >= 4 is 34.4 Å². The summed E-state index contributed by atoms with van der Waals surface area (Å²) >= 11 is 6.00. The van der Waals surface area contributed by atoms with Crippen LogP contribution in [-0.2, 0) is 13.6 Å². The fraction of sp³-hybridized carbons (Fsp3) is 0.292. The summed E-state index contributed by atoms with van der Waals surface area (Å²) in [4.78, 5) is 13.9. The number of hydrogen-bond acceptors (Lipinski definition) is 7. The molecule has 1 fully saturated rings. The summed E-state index contributed by atoms with van der Waals surface area (Å²) in [6.45, 7) is 4.03. The maximum absolute atomic E-state index is 15.0. The van der Waals surface area contributed by atoms with E-state index in [-0.39, 0.29) is 0 Å². The predicted octanol–water partition coefficient (Wildman–Crippen LogP) is 3.74. The SMILES string of the molecule is COc1ccc(-c2nc(N3CCN(Cc4ccc(Cl)cc4)CC3)nc3nn(C)c(N)c23)c(F)c1. The third kappa shape index (κ3) is 4.24. The second-order valence-corrected chi connectivity index (χ2v) is 8.75. The number of aryl methyl sites for hydroxylation is 1. The predicted molar refractivity (Wildman–Crippen MR) is 132 cm³/mol. The molecular weight excluding hydrogens is 457 g/mol. The molecular formula is C24H25ClFN7O. The minimum Gasteiger partial charge on any atom is -0.497 e. The number of methoxy groups -OCH3 is 1. The highest BCUT2D eigenvalue weighted by atomic mass is 35.5. The van der Waals surface area contributed by atoms with Gasteiger partial charge < -0.3 is 15.4 Å². The van der Waals surface area contributed by atoms with Crippen molar-refractivity contribution in [2.24, 2.45) is 7.05 Å². The van der Waals surface area contributed by atoms with E-state index in [2.05, 4.69) is 19.9 Å². The lowest BCUT2D eigenvalue weighted by molar-refractivity contribution is 0.249. The van der Waals surface area contributed by atoms with Gasteiger partial charge in [-0.25, -0.2) is 9.37 Å². The fourth-order valence-electron chi connectivity index (χ4n) is 4.21. The van der Waals surface area contributed by atoms with E-state index in [0.717, 1.165) is 37.7 Å². The average molecular weight is 482 g/mol. The van der Waals surface area contributed by atoms with Crippen molar-refractivity contribution in [2.45, 2.75) is 6.54 Å². The quantitative estimate of drug-likeness (QED) is 0.464. The van der Waals surface area contributed by atoms with Crippen LogP contribution < -0.4 is 15.4 Å². The number of aromatic nitrogens is 4. The highest BCUT2D eigenvalue weighted by Gasteiger charge is 2.24. The van der Waals surface area contributed by atoms with Crippen molar-refractivity contribution in [3.8, 4) is 17.0 Å². The maximum Gasteiger partial charge on any atom is 0.228 e. The van der Waals surface area contributed by atoms with Crippen LogP contribution in [0.4, 0.5) is 16.2 Å². The number of rotatable bonds is 5. The highest BCUT2D eigenvalue weighted by Crippen LogP contribution is 2.34. The number of halogens is 2. The van der Waals surface area contributed by atoms with E-state index < -0.39 is 5.82 Å². The van der Waals surface area contributed by atoms with E-state index in [0.29, 0.717) is 39.8 Å². The van der Waals surface area contributed by atoms with Gasteiger partial charge in [0.1, 0.15) is 17.4 Å². The molecule has 8 nitrogen and oxygen atoms in total. The van der Waals surface area contributed by atoms with Gasteiger partial charge in [-0.1, -0.05) is 23.7 Å². The Morgan fingerprint density at radius 3 is 2.47 bits per heavy atom. The summed E-state index contributed by atoms with van der Waals surface area (Å²) in [6, 6.07) is 12.6. The molecule has 1 aliphatic heterocycles. The molecule has 2 N–H and O–H groups in total. The van der Waals surface area contributed by atoms with Gasteiger partial charge in [-0.2, -0.15) is 10.1 Å². The molecule has 4 aromatic rings. The number of hydrogen-bond donors (Lipinski definition) is 1. The number of benzene rings is 2. The Balaban J connectivity index is 1.44. The molecule has 0 aliphatic carbocycles. The van der Waals surface area contributed by atoms with Crippen LogP contribution >= 0.6 is 11.6 Å². The lowest BCUT2D eigenvalue weighted by atomic mass is 10.1. The van der Waals surface area contributed by atoms with Gasteiger partial charge in [0.2, 0.25) is 5.95 Å². The summed E-state index contributed by atoms with van der Waals surface area (Å²) in [5.74, 6) is 0.894. The first-order valence-corrected chi connectivity index (χ1v) is 11.4. The summed E-state index contributed by atoms with van der Waals surface area (Å²) < 4.78 is 21.7. The molecule has 3 heterocycles. The van der Waals surface area contributed by atoms with Gasteiger partial charge in [0.25, 0.3) is 0 Å². The van der Waals surface area contributed by atoms with Crippen LogP contribution in [0.5, 0.6) is 5.75 Å².